The summed E-state index contributed by atoms with van der Waals surface area (Å²) in [6.07, 6.45) is 0. The fraction of sp³-hybridized carbons (Fsp3) is 0.381. The molecule has 0 radical (unpaired) electrons. The van der Waals surface area contributed by atoms with Crippen molar-refractivity contribution in [1.29, 1.82) is 0 Å². The summed E-state index contributed by atoms with van der Waals surface area (Å²) in [5.74, 6) is -1.01. The SMILES string of the molecule is CC(C)(C(=O)O)C(c1ccccc1)c1cccc(N2CCOCC2)c1. The van der Waals surface area contributed by atoms with Crippen molar-refractivity contribution in [2.45, 2.75) is 19.8 Å². The minimum Gasteiger partial charge on any atom is -0.481 e. The van der Waals surface area contributed by atoms with Gasteiger partial charge in [-0.1, -0.05) is 42.5 Å². The standard InChI is InChI=1S/C21H25NO3/c1-21(2,20(23)24)19(16-7-4-3-5-8-16)17-9-6-10-18(15-17)22-11-13-25-14-12-22/h3-10,15,19H,11-14H2,1-2H3,(H,23,24). The van der Waals surface area contributed by atoms with E-state index in [9.17, 15) is 9.90 Å². The molecule has 1 N–H and O–H groups in total. The molecule has 4 nitrogen and oxygen atoms in total. The molecule has 1 atom stereocenters. The van der Waals surface area contributed by atoms with Crippen LogP contribution in [0.1, 0.15) is 30.9 Å². The first-order chi connectivity index (χ1) is 12.0. The van der Waals surface area contributed by atoms with E-state index in [1.165, 1.54) is 0 Å². The van der Waals surface area contributed by atoms with Crippen LogP contribution in [0.15, 0.2) is 54.6 Å². The fourth-order valence-electron chi connectivity index (χ4n) is 3.52. The van der Waals surface area contributed by atoms with Gasteiger partial charge in [-0.15, -0.1) is 0 Å². The third kappa shape index (κ3) is 3.69. The number of hydrogen-bond donors (Lipinski definition) is 1. The molecule has 1 aliphatic rings. The van der Waals surface area contributed by atoms with Gasteiger partial charge in [0.2, 0.25) is 0 Å². The van der Waals surface area contributed by atoms with E-state index < -0.39 is 11.4 Å². The number of carboxylic acids is 1. The van der Waals surface area contributed by atoms with Gasteiger partial charge in [0.1, 0.15) is 0 Å². The molecular formula is C21H25NO3. The number of rotatable bonds is 5. The molecule has 2 aromatic carbocycles. The number of nitrogens with zero attached hydrogens (tertiary/aromatic N) is 1. The van der Waals surface area contributed by atoms with Gasteiger partial charge in [-0.25, -0.2) is 0 Å². The Bertz CT molecular complexity index is 721. The minimum absolute atomic E-state index is 0.216. The largest absolute Gasteiger partial charge is 0.481 e. The Morgan fingerprint density at radius 2 is 1.68 bits per heavy atom. The lowest BCUT2D eigenvalue weighted by Crippen LogP contribution is -2.36. The number of anilines is 1. The van der Waals surface area contributed by atoms with Crippen molar-refractivity contribution < 1.29 is 14.6 Å². The maximum absolute atomic E-state index is 12.0. The predicted molar refractivity (Wildman–Crippen MR) is 99.2 cm³/mol. The van der Waals surface area contributed by atoms with E-state index >= 15 is 0 Å². The molecule has 4 heteroatoms. The number of hydrogen-bond acceptors (Lipinski definition) is 3. The van der Waals surface area contributed by atoms with Crippen LogP contribution in [0, 0.1) is 5.41 Å². The topological polar surface area (TPSA) is 49.8 Å². The first-order valence-electron chi connectivity index (χ1n) is 8.71. The van der Waals surface area contributed by atoms with Gasteiger partial charge in [0.15, 0.2) is 0 Å². The van der Waals surface area contributed by atoms with Gasteiger partial charge >= 0.3 is 5.97 Å². The van der Waals surface area contributed by atoms with Crippen molar-refractivity contribution in [3.05, 3.63) is 65.7 Å². The predicted octanol–water partition coefficient (Wildman–Crippen LogP) is 3.77. The van der Waals surface area contributed by atoms with Crippen molar-refractivity contribution in [3.8, 4) is 0 Å². The summed E-state index contributed by atoms with van der Waals surface area (Å²) >= 11 is 0. The van der Waals surface area contributed by atoms with E-state index in [0.717, 1.165) is 43.1 Å². The van der Waals surface area contributed by atoms with Crippen molar-refractivity contribution >= 4 is 11.7 Å². The van der Waals surface area contributed by atoms with Crippen LogP contribution >= 0.6 is 0 Å². The molecule has 0 spiro atoms. The van der Waals surface area contributed by atoms with E-state index in [1.807, 2.05) is 42.5 Å². The molecule has 1 aliphatic heterocycles. The van der Waals surface area contributed by atoms with Gasteiger partial charge in [0.25, 0.3) is 0 Å². The quantitative estimate of drug-likeness (QED) is 0.901. The van der Waals surface area contributed by atoms with Crippen LogP contribution in [-0.2, 0) is 9.53 Å². The number of morpholine rings is 1. The van der Waals surface area contributed by atoms with Gasteiger partial charge < -0.3 is 14.7 Å². The molecule has 0 bridgehead atoms. The molecule has 25 heavy (non-hydrogen) atoms. The van der Waals surface area contributed by atoms with Gasteiger partial charge in [0.05, 0.1) is 18.6 Å². The number of carboxylic acid groups (broad SMARTS) is 1. The lowest BCUT2D eigenvalue weighted by atomic mass is 9.71. The zero-order valence-corrected chi connectivity index (χ0v) is 14.8. The van der Waals surface area contributed by atoms with Crippen molar-refractivity contribution in [2.24, 2.45) is 5.41 Å². The lowest BCUT2D eigenvalue weighted by molar-refractivity contribution is -0.147. The molecule has 0 amide bonds. The second kappa shape index (κ2) is 7.28. The Kier molecular flexibility index (Phi) is 5.09. The van der Waals surface area contributed by atoms with E-state index in [4.69, 9.17) is 4.74 Å². The molecule has 3 rings (SSSR count). The summed E-state index contributed by atoms with van der Waals surface area (Å²) < 4.78 is 5.43. The smallest absolute Gasteiger partial charge is 0.310 e. The molecule has 1 unspecified atom stereocenters. The summed E-state index contributed by atoms with van der Waals surface area (Å²) in [4.78, 5) is 14.3. The lowest BCUT2D eigenvalue weighted by Gasteiger charge is -2.33. The summed E-state index contributed by atoms with van der Waals surface area (Å²) in [6, 6.07) is 18.2. The molecule has 0 aromatic heterocycles. The Hall–Kier alpha value is -2.33. The average Bonchev–Trinajstić information content (AvgIpc) is 2.63. The third-order valence-corrected chi connectivity index (χ3v) is 4.99. The second-order valence-electron chi connectivity index (χ2n) is 7.06. The summed E-state index contributed by atoms with van der Waals surface area (Å²) in [6.45, 7) is 6.78. The van der Waals surface area contributed by atoms with E-state index in [2.05, 4.69) is 17.0 Å². The first-order valence-corrected chi connectivity index (χ1v) is 8.71. The number of benzene rings is 2. The molecule has 1 fully saturated rings. The highest BCUT2D eigenvalue weighted by Gasteiger charge is 2.39. The molecule has 0 saturated carbocycles. The minimum atomic E-state index is -0.912. The fourth-order valence-corrected chi connectivity index (χ4v) is 3.52. The van der Waals surface area contributed by atoms with Crippen molar-refractivity contribution in [3.63, 3.8) is 0 Å². The first kappa shape index (κ1) is 17.5. The Morgan fingerprint density at radius 1 is 1.04 bits per heavy atom. The molecule has 1 heterocycles. The maximum atomic E-state index is 12.0. The number of carbonyl (C=O) groups is 1. The highest BCUT2D eigenvalue weighted by atomic mass is 16.5. The van der Waals surface area contributed by atoms with Crippen LogP contribution in [0.2, 0.25) is 0 Å². The van der Waals surface area contributed by atoms with E-state index in [1.54, 1.807) is 13.8 Å². The highest BCUT2D eigenvalue weighted by Crippen LogP contribution is 2.42. The van der Waals surface area contributed by atoms with Crippen LogP contribution in [0.4, 0.5) is 5.69 Å². The van der Waals surface area contributed by atoms with Crippen LogP contribution in [0.5, 0.6) is 0 Å². The van der Waals surface area contributed by atoms with Gasteiger partial charge in [-0.05, 0) is 37.1 Å². The Labute approximate surface area is 149 Å². The maximum Gasteiger partial charge on any atom is 0.310 e. The monoisotopic (exact) mass is 339 g/mol. The van der Waals surface area contributed by atoms with E-state index in [0.29, 0.717) is 0 Å². The van der Waals surface area contributed by atoms with Gasteiger partial charge in [-0.2, -0.15) is 0 Å². The second-order valence-corrected chi connectivity index (χ2v) is 7.06. The average molecular weight is 339 g/mol. The third-order valence-electron chi connectivity index (χ3n) is 4.99. The molecule has 1 saturated heterocycles. The molecular weight excluding hydrogens is 314 g/mol. The van der Waals surface area contributed by atoms with Crippen LogP contribution in [0.3, 0.4) is 0 Å². The van der Waals surface area contributed by atoms with Crippen LogP contribution < -0.4 is 4.90 Å². The molecule has 2 aromatic rings. The van der Waals surface area contributed by atoms with Crippen LogP contribution in [-0.4, -0.2) is 37.4 Å². The molecule has 132 valence electrons. The zero-order chi connectivity index (χ0) is 17.9. The van der Waals surface area contributed by atoms with E-state index in [-0.39, 0.29) is 5.92 Å². The van der Waals surface area contributed by atoms with Gasteiger partial charge in [0, 0.05) is 24.7 Å². The zero-order valence-electron chi connectivity index (χ0n) is 14.8. The summed E-state index contributed by atoms with van der Waals surface area (Å²) in [5.41, 5.74) is 2.27. The normalized spacial score (nSPS) is 16.5. The summed E-state index contributed by atoms with van der Waals surface area (Å²) in [7, 11) is 0. The van der Waals surface area contributed by atoms with Crippen molar-refractivity contribution in [2.75, 3.05) is 31.2 Å². The van der Waals surface area contributed by atoms with Crippen molar-refractivity contribution in [1.82, 2.24) is 0 Å². The Morgan fingerprint density at radius 3 is 2.32 bits per heavy atom. The van der Waals surface area contributed by atoms with Gasteiger partial charge in [-0.3, -0.25) is 4.79 Å². The number of ether oxygens (including phenoxy) is 1. The summed E-state index contributed by atoms with van der Waals surface area (Å²) in [5, 5.41) is 9.83. The highest BCUT2D eigenvalue weighted by molar-refractivity contribution is 5.76. The number of aliphatic carboxylic acids is 1. The van der Waals surface area contributed by atoms with Crippen LogP contribution in [0.25, 0.3) is 0 Å². The Balaban J connectivity index is 2.03. The molecule has 0 aliphatic carbocycles.